The SMILES string of the molecule is CCOC(=O)c1nc2ccccc2n(C2CCN(C3(C)CCCCCCC3)CC2)c1=O. The summed E-state index contributed by atoms with van der Waals surface area (Å²) in [4.78, 5) is 32.7. The number of nitrogens with zero attached hydrogens (tertiary/aromatic N) is 3. The average Bonchev–Trinajstić information content (AvgIpc) is 2.76. The molecule has 1 aromatic carbocycles. The van der Waals surface area contributed by atoms with Crippen LogP contribution in [-0.2, 0) is 4.74 Å². The molecule has 0 radical (unpaired) electrons. The van der Waals surface area contributed by atoms with E-state index in [-0.39, 0.29) is 29.4 Å². The van der Waals surface area contributed by atoms with E-state index in [1.165, 1.54) is 44.9 Å². The summed E-state index contributed by atoms with van der Waals surface area (Å²) in [6, 6.07) is 7.67. The van der Waals surface area contributed by atoms with Gasteiger partial charge in [-0.1, -0.05) is 44.2 Å². The molecule has 1 saturated carbocycles. The van der Waals surface area contributed by atoms with Gasteiger partial charge in [0.05, 0.1) is 17.6 Å². The summed E-state index contributed by atoms with van der Waals surface area (Å²) in [6.45, 7) is 6.37. The Morgan fingerprint density at radius 1 is 1.10 bits per heavy atom. The number of esters is 1. The zero-order valence-electron chi connectivity index (χ0n) is 18.9. The minimum atomic E-state index is -0.633. The van der Waals surface area contributed by atoms with Gasteiger partial charge in [-0.15, -0.1) is 0 Å². The first-order chi connectivity index (χ1) is 15.0. The maximum Gasteiger partial charge on any atom is 0.362 e. The molecule has 168 valence electrons. The van der Waals surface area contributed by atoms with Crippen molar-refractivity contribution in [3.8, 4) is 0 Å². The lowest BCUT2D eigenvalue weighted by Gasteiger charge is -2.46. The van der Waals surface area contributed by atoms with Gasteiger partial charge in [-0.05, 0) is 51.7 Å². The molecule has 4 rings (SSSR count). The molecule has 2 fully saturated rings. The Morgan fingerprint density at radius 2 is 1.74 bits per heavy atom. The maximum absolute atomic E-state index is 13.3. The number of hydrogen-bond donors (Lipinski definition) is 0. The van der Waals surface area contributed by atoms with E-state index in [9.17, 15) is 9.59 Å². The zero-order valence-corrected chi connectivity index (χ0v) is 18.9. The summed E-state index contributed by atoms with van der Waals surface area (Å²) >= 11 is 0. The molecule has 0 N–H and O–H groups in total. The summed E-state index contributed by atoms with van der Waals surface area (Å²) in [5, 5.41) is 0. The van der Waals surface area contributed by atoms with Crippen molar-refractivity contribution in [1.29, 1.82) is 0 Å². The number of carbonyl (C=O) groups excluding carboxylic acids is 1. The first kappa shape index (κ1) is 22.0. The van der Waals surface area contributed by atoms with E-state index >= 15 is 0 Å². The van der Waals surface area contributed by atoms with Gasteiger partial charge in [-0.2, -0.15) is 0 Å². The lowest BCUT2D eigenvalue weighted by atomic mass is 9.82. The predicted molar refractivity (Wildman–Crippen MR) is 123 cm³/mol. The smallest absolute Gasteiger partial charge is 0.362 e. The van der Waals surface area contributed by atoms with Crippen LogP contribution in [0.25, 0.3) is 11.0 Å². The van der Waals surface area contributed by atoms with Crippen LogP contribution in [0.1, 0.15) is 88.2 Å². The summed E-state index contributed by atoms with van der Waals surface area (Å²) in [6.07, 6.45) is 11.0. The van der Waals surface area contributed by atoms with Gasteiger partial charge in [-0.3, -0.25) is 9.69 Å². The highest BCUT2D eigenvalue weighted by molar-refractivity contribution is 5.89. The Balaban J connectivity index is 1.60. The van der Waals surface area contributed by atoms with Crippen LogP contribution in [0.3, 0.4) is 0 Å². The van der Waals surface area contributed by atoms with Crippen molar-refractivity contribution >= 4 is 17.0 Å². The minimum absolute atomic E-state index is 0.0713. The van der Waals surface area contributed by atoms with E-state index in [0.717, 1.165) is 31.4 Å². The molecule has 0 unspecified atom stereocenters. The fraction of sp³-hybridized carbons (Fsp3) is 0.640. The van der Waals surface area contributed by atoms with Gasteiger partial charge in [-0.25, -0.2) is 9.78 Å². The van der Waals surface area contributed by atoms with Crippen LogP contribution in [0.5, 0.6) is 0 Å². The number of rotatable bonds is 4. The Kier molecular flexibility index (Phi) is 6.75. The molecule has 1 aliphatic heterocycles. The number of para-hydroxylation sites is 2. The van der Waals surface area contributed by atoms with Crippen molar-refractivity contribution in [2.45, 2.75) is 83.2 Å². The number of ether oxygens (including phenoxy) is 1. The van der Waals surface area contributed by atoms with E-state index in [4.69, 9.17) is 4.74 Å². The van der Waals surface area contributed by atoms with E-state index in [1.54, 1.807) is 6.92 Å². The van der Waals surface area contributed by atoms with Crippen molar-refractivity contribution in [2.24, 2.45) is 0 Å². The van der Waals surface area contributed by atoms with Crippen LogP contribution in [0.2, 0.25) is 0 Å². The molecule has 2 heterocycles. The fourth-order valence-electron chi connectivity index (χ4n) is 5.50. The Labute approximate surface area is 184 Å². The number of piperidine rings is 1. The van der Waals surface area contributed by atoms with Crippen molar-refractivity contribution in [3.63, 3.8) is 0 Å². The number of carbonyl (C=O) groups is 1. The largest absolute Gasteiger partial charge is 0.461 e. The zero-order chi connectivity index (χ0) is 21.8. The van der Waals surface area contributed by atoms with Crippen molar-refractivity contribution in [1.82, 2.24) is 14.5 Å². The van der Waals surface area contributed by atoms with Gasteiger partial charge < -0.3 is 9.30 Å². The third-order valence-electron chi connectivity index (χ3n) is 7.29. The number of benzene rings is 1. The van der Waals surface area contributed by atoms with Crippen LogP contribution >= 0.6 is 0 Å². The van der Waals surface area contributed by atoms with Crippen LogP contribution in [-0.4, -0.2) is 45.7 Å². The molecular formula is C25H35N3O3. The molecule has 0 spiro atoms. The fourth-order valence-corrected chi connectivity index (χ4v) is 5.50. The van der Waals surface area contributed by atoms with Gasteiger partial charge in [0.1, 0.15) is 0 Å². The van der Waals surface area contributed by atoms with Gasteiger partial charge in [0.2, 0.25) is 5.69 Å². The molecular weight excluding hydrogens is 390 g/mol. The standard InChI is InChI=1S/C25H35N3O3/c1-3-31-24(30)22-23(29)28(21-12-8-7-11-20(21)26-22)19-13-17-27(18-14-19)25(2)15-9-5-4-6-10-16-25/h7-8,11-12,19H,3-6,9-10,13-18H2,1-2H3. The summed E-state index contributed by atoms with van der Waals surface area (Å²) in [5.74, 6) is -0.633. The monoisotopic (exact) mass is 425 g/mol. The van der Waals surface area contributed by atoms with Crippen LogP contribution in [0.4, 0.5) is 0 Å². The quantitative estimate of drug-likeness (QED) is 0.664. The molecule has 0 amide bonds. The van der Waals surface area contributed by atoms with Crippen LogP contribution in [0.15, 0.2) is 29.1 Å². The van der Waals surface area contributed by atoms with E-state index in [1.807, 2.05) is 28.8 Å². The molecule has 1 aromatic heterocycles. The van der Waals surface area contributed by atoms with Crippen molar-refractivity contribution in [2.75, 3.05) is 19.7 Å². The lowest BCUT2D eigenvalue weighted by molar-refractivity contribution is 0.0433. The van der Waals surface area contributed by atoms with E-state index in [0.29, 0.717) is 5.52 Å². The maximum atomic E-state index is 13.3. The molecule has 0 bridgehead atoms. The second-order valence-electron chi connectivity index (χ2n) is 9.33. The molecule has 31 heavy (non-hydrogen) atoms. The van der Waals surface area contributed by atoms with Crippen LogP contribution in [0, 0.1) is 0 Å². The summed E-state index contributed by atoms with van der Waals surface area (Å²) in [5.41, 5.74) is 1.31. The first-order valence-electron chi connectivity index (χ1n) is 12.0. The summed E-state index contributed by atoms with van der Waals surface area (Å²) < 4.78 is 6.92. The first-order valence-corrected chi connectivity index (χ1v) is 12.0. The molecule has 2 aromatic rings. The second-order valence-corrected chi connectivity index (χ2v) is 9.33. The van der Waals surface area contributed by atoms with Gasteiger partial charge in [0.25, 0.3) is 5.56 Å². The van der Waals surface area contributed by atoms with E-state index in [2.05, 4.69) is 16.8 Å². The highest BCUT2D eigenvalue weighted by atomic mass is 16.5. The van der Waals surface area contributed by atoms with Crippen molar-refractivity contribution in [3.05, 3.63) is 40.3 Å². The molecule has 6 heteroatoms. The van der Waals surface area contributed by atoms with Gasteiger partial charge in [0, 0.05) is 24.7 Å². The lowest BCUT2D eigenvalue weighted by Crippen LogP contribution is -2.51. The van der Waals surface area contributed by atoms with Crippen molar-refractivity contribution < 1.29 is 9.53 Å². The normalized spacial score (nSPS) is 20.8. The molecule has 2 aliphatic rings. The summed E-state index contributed by atoms with van der Waals surface area (Å²) in [7, 11) is 0. The molecule has 1 saturated heterocycles. The van der Waals surface area contributed by atoms with Crippen LogP contribution < -0.4 is 5.56 Å². The second kappa shape index (κ2) is 9.51. The topological polar surface area (TPSA) is 64.4 Å². The molecule has 6 nitrogen and oxygen atoms in total. The Bertz CT molecular complexity index is 968. The van der Waals surface area contributed by atoms with Gasteiger partial charge >= 0.3 is 5.97 Å². The minimum Gasteiger partial charge on any atom is -0.461 e. The third kappa shape index (κ3) is 4.54. The average molecular weight is 426 g/mol. The highest BCUT2D eigenvalue weighted by Gasteiger charge is 2.35. The highest BCUT2D eigenvalue weighted by Crippen LogP contribution is 2.35. The third-order valence-corrected chi connectivity index (χ3v) is 7.29. The Morgan fingerprint density at radius 3 is 2.42 bits per heavy atom. The van der Waals surface area contributed by atoms with Gasteiger partial charge in [0.15, 0.2) is 0 Å². The number of aromatic nitrogens is 2. The molecule has 1 aliphatic carbocycles. The predicted octanol–water partition coefficient (Wildman–Crippen LogP) is 4.71. The number of likely N-dealkylation sites (tertiary alicyclic amines) is 1. The number of hydrogen-bond acceptors (Lipinski definition) is 5. The Hall–Kier alpha value is -2.21. The van der Waals surface area contributed by atoms with E-state index < -0.39 is 5.97 Å². The molecule has 0 atom stereocenters. The number of fused-ring (bicyclic) bond motifs is 1.